The van der Waals surface area contributed by atoms with Gasteiger partial charge in [0.25, 0.3) is 0 Å². The van der Waals surface area contributed by atoms with Gasteiger partial charge in [-0.1, -0.05) is 6.92 Å². The number of nitrogens with one attached hydrogen (secondary N) is 2. The van der Waals surface area contributed by atoms with Gasteiger partial charge in [-0.2, -0.15) is 11.8 Å². The molecule has 0 saturated carbocycles. The number of hydrogen-bond acceptors (Lipinski definition) is 4. The van der Waals surface area contributed by atoms with E-state index in [9.17, 15) is 14.7 Å². The number of carboxylic acids is 1. The Labute approximate surface area is 105 Å². The van der Waals surface area contributed by atoms with Crippen molar-refractivity contribution in [3.8, 4) is 0 Å². The van der Waals surface area contributed by atoms with Crippen LogP contribution in [0.1, 0.15) is 20.8 Å². The highest BCUT2D eigenvalue weighted by Gasteiger charge is 2.25. The molecule has 0 aromatic carbocycles. The first-order chi connectivity index (χ1) is 7.88. The van der Waals surface area contributed by atoms with Crippen LogP contribution in [0.5, 0.6) is 0 Å². The van der Waals surface area contributed by atoms with Gasteiger partial charge in [-0.15, -0.1) is 0 Å². The Kier molecular flexibility index (Phi) is 7.73. The zero-order valence-corrected chi connectivity index (χ0v) is 11.1. The summed E-state index contributed by atoms with van der Waals surface area (Å²) in [5.41, 5.74) is 0. The molecule has 3 unspecified atom stereocenters. The number of carbonyl (C=O) groups is 2. The van der Waals surface area contributed by atoms with E-state index in [0.29, 0.717) is 0 Å². The van der Waals surface area contributed by atoms with Crippen LogP contribution in [-0.2, 0) is 4.79 Å². The summed E-state index contributed by atoms with van der Waals surface area (Å²) in [6, 6.07) is -1.92. The van der Waals surface area contributed by atoms with Crippen molar-refractivity contribution in [2.24, 2.45) is 0 Å². The van der Waals surface area contributed by atoms with Gasteiger partial charge >= 0.3 is 12.0 Å². The second kappa shape index (κ2) is 8.19. The van der Waals surface area contributed by atoms with Gasteiger partial charge in [-0.3, -0.25) is 0 Å². The molecule has 0 bridgehead atoms. The van der Waals surface area contributed by atoms with Gasteiger partial charge in [-0.25, -0.2) is 9.59 Å². The van der Waals surface area contributed by atoms with Gasteiger partial charge in [0.15, 0.2) is 6.04 Å². The fraction of sp³-hybridized carbons (Fsp3) is 0.800. The minimum Gasteiger partial charge on any atom is -0.480 e. The summed E-state index contributed by atoms with van der Waals surface area (Å²) in [6.45, 7) is 5.17. The van der Waals surface area contributed by atoms with Gasteiger partial charge in [-0.05, 0) is 19.6 Å². The number of aliphatic hydroxyl groups excluding tert-OH is 1. The van der Waals surface area contributed by atoms with Crippen LogP contribution in [0.3, 0.4) is 0 Å². The number of carbonyl (C=O) groups excluding carboxylic acids is 1. The number of amides is 2. The normalized spacial score (nSPS) is 15.8. The van der Waals surface area contributed by atoms with Crippen molar-refractivity contribution in [2.75, 3.05) is 11.5 Å². The summed E-state index contributed by atoms with van der Waals surface area (Å²) in [4.78, 5) is 22.2. The number of aliphatic carboxylic acids is 1. The van der Waals surface area contributed by atoms with Crippen molar-refractivity contribution in [1.29, 1.82) is 0 Å². The lowest BCUT2D eigenvalue weighted by Gasteiger charge is -2.19. The van der Waals surface area contributed by atoms with Crippen LogP contribution in [0, 0.1) is 0 Å². The molecule has 0 aliphatic rings. The Balaban J connectivity index is 4.10. The summed E-state index contributed by atoms with van der Waals surface area (Å²) >= 11 is 1.68. The molecule has 3 atom stereocenters. The van der Waals surface area contributed by atoms with Crippen LogP contribution < -0.4 is 10.6 Å². The van der Waals surface area contributed by atoms with Crippen LogP contribution in [0.4, 0.5) is 4.79 Å². The third kappa shape index (κ3) is 7.06. The highest BCUT2D eigenvalue weighted by Crippen LogP contribution is 2.01. The predicted molar refractivity (Wildman–Crippen MR) is 67.2 cm³/mol. The summed E-state index contributed by atoms with van der Waals surface area (Å²) in [5.74, 6) is 0.459. The molecular formula is C10H20N2O4S. The molecule has 0 aromatic rings. The first-order valence-corrected chi connectivity index (χ1v) is 6.59. The van der Waals surface area contributed by atoms with Crippen LogP contribution >= 0.6 is 11.8 Å². The number of hydrogen-bond donors (Lipinski definition) is 4. The Morgan fingerprint density at radius 1 is 1.29 bits per heavy atom. The molecule has 4 N–H and O–H groups in total. The van der Waals surface area contributed by atoms with Crippen LogP contribution in [0.15, 0.2) is 0 Å². The maximum atomic E-state index is 11.4. The van der Waals surface area contributed by atoms with Crippen molar-refractivity contribution in [3.63, 3.8) is 0 Å². The highest BCUT2D eigenvalue weighted by molar-refractivity contribution is 7.99. The van der Waals surface area contributed by atoms with Gasteiger partial charge in [0.2, 0.25) is 0 Å². The Morgan fingerprint density at radius 2 is 1.88 bits per heavy atom. The fourth-order valence-electron chi connectivity index (χ4n) is 1.13. The lowest BCUT2D eigenvalue weighted by molar-refractivity contribution is -0.141. The average molecular weight is 264 g/mol. The molecule has 0 fully saturated rings. The lowest BCUT2D eigenvalue weighted by Crippen LogP contribution is -2.53. The molecule has 0 spiro atoms. The molecule has 17 heavy (non-hydrogen) atoms. The number of rotatable bonds is 7. The SMILES string of the molecule is CCSCC(C)NC(=O)NC(C(=O)O)C(C)O. The zero-order chi connectivity index (χ0) is 13.4. The molecule has 0 aromatic heterocycles. The van der Waals surface area contributed by atoms with E-state index in [2.05, 4.69) is 10.6 Å². The van der Waals surface area contributed by atoms with Crippen molar-refractivity contribution >= 4 is 23.8 Å². The molecule has 0 radical (unpaired) electrons. The molecule has 0 aliphatic heterocycles. The highest BCUT2D eigenvalue weighted by atomic mass is 32.2. The molecule has 100 valence electrons. The molecule has 0 aliphatic carbocycles. The number of aliphatic hydroxyl groups is 1. The zero-order valence-electron chi connectivity index (χ0n) is 10.3. The van der Waals surface area contributed by atoms with E-state index in [-0.39, 0.29) is 6.04 Å². The third-order valence-electron chi connectivity index (χ3n) is 1.98. The van der Waals surface area contributed by atoms with E-state index >= 15 is 0 Å². The molecule has 7 heteroatoms. The van der Waals surface area contributed by atoms with Gasteiger partial charge in [0.05, 0.1) is 6.10 Å². The quantitative estimate of drug-likeness (QED) is 0.529. The van der Waals surface area contributed by atoms with Crippen molar-refractivity contribution in [1.82, 2.24) is 10.6 Å². The largest absolute Gasteiger partial charge is 0.480 e. The Bertz CT molecular complexity index is 261. The van der Waals surface area contributed by atoms with Gasteiger partial charge in [0.1, 0.15) is 0 Å². The van der Waals surface area contributed by atoms with Gasteiger partial charge in [0, 0.05) is 11.8 Å². The molecule has 6 nitrogen and oxygen atoms in total. The second-order valence-corrected chi connectivity index (χ2v) is 5.05. The minimum absolute atomic E-state index is 0.0524. The molecule has 2 amide bonds. The maximum absolute atomic E-state index is 11.4. The van der Waals surface area contributed by atoms with E-state index in [4.69, 9.17) is 5.11 Å². The molecule has 0 rings (SSSR count). The number of thioether (sulfide) groups is 1. The summed E-state index contributed by atoms with van der Waals surface area (Å²) in [7, 11) is 0. The smallest absolute Gasteiger partial charge is 0.328 e. The first-order valence-electron chi connectivity index (χ1n) is 5.44. The van der Waals surface area contributed by atoms with E-state index in [1.54, 1.807) is 11.8 Å². The predicted octanol–water partition coefficient (Wildman–Crippen LogP) is 0.261. The monoisotopic (exact) mass is 264 g/mol. The van der Waals surface area contributed by atoms with Crippen LogP contribution in [0.25, 0.3) is 0 Å². The van der Waals surface area contributed by atoms with E-state index in [1.165, 1.54) is 6.92 Å². The van der Waals surface area contributed by atoms with Crippen molar-refractivity contribution in [3.05, 3.63) is 0 Å². The van der Waals surface area contributed by atoms with E-state index in [0.717, 1.165) is 11.5 Å². The van der Waals surface area contributed by atoms with E-state index in [1.807, 2.05) is 13.8 Å². The standard InChI is InChI=1S/C10H20N2O4S/c1-4-17-5-6(2)11-10(16)12-8(7(3)13)9(14)15/h6-8,13H,4-5H2,1-3H3,(H,14,15)(H2,11,12,16). The molecular weight excluding hydrogens is 244 g/mol. The number of urea groups is 1. The molecule has 0 heterocycles. The Hall–Kier alpha value is -0.950. The van der Waals surface area contributed by atoms with Crippen LogP contribution in [-0.4, -0.2) is 51.9 Å². The van der Waals surface area contributed by atoms with Gasteiger partial charge < -0.3 is 20.8 Å². The molecule has 0 saturated heterocycles. The second-order valence-electron chi connectivity index (χ2n) is 3.73. The van der Waals surface area contributed by atoms with E-state index < -0.39 is 24.1 Å². The maximum Gasteiger partial charge on any atom is 0.328 e. The Morgan fingerprint density at radius 3 is 2.29 bits per heavy atom. The van der Waals surface area contributed by atoms with Crippen molar-refractivity contribution in [2.45, 2.75) is 39.0 Å². The van der Waals surface area contributed by atoms with Crippen molar-refractivity contribution < 1.29 is 19.8 Å². The summed E-state index contributed by atoms with van der Waals surface area (Å²) < 4.78 is 0. The lowest BCUT2D eigenvalue weighted by atomic mass is 10.2. The topological polar surface area (TPSA) is 98.7 Å². The third-order valence-corrected chi connectivity index (χ3v) is 3.13. The summed E-state index contributed by atoms with van der Waals surface area (Å²) in [5, 5.41) is 22.8. The number of carboxylic acid groups (broad SMARTS) is 1. The first kappa shape index (κ1) is 16.1. The fourth-order valence-corrected chi connectivity index (χ4v) is 1.80. The van der Waals surface area contributed by atoms with Crippen LogP contribution in [0.2, 0.25) is 0 Å². The summed E-state index contributed by atoms with van der Waals surface area (Å²) in [6.07, 6.45) is -1.14. The average Bonchev–Trinajstić information content (AvgIpc) is 2.22. The minimum atomic E-state index is -1.29.